The van der Waals surface area contributed by atoms with E-state index in [0.29, 0.717) is 35.3 Å². The molecule has 0 aliphatic carbocycles. The summed E-state index contributed by atoms with van der Waals surface area (Å²) in [7, 11) is 0. The quantitative estimate of drug-likeness (QED) is 0.720. The lowest BCUT2D eigenvalue weighted by Gasteiger charge is -2.23. The molecule has 0 bridgehead atoms. The Morgan fingerprint density at radius 2 is 1.78 bits per heavy atom. The Balaban J connectivity index is 1.62. The fourth-order valence-electron chi connectivity index (χ4n) is 3.22. The molecule has 8 heteroatoms. The number of carbonyl (C=O) groups excluding carboxylic acids is 2. The summed E-state index contributed by atoms with van der Waals surface area (Å²) in [5, 5.41) is 3.36. The topological polar surface area (TPSA) is 67.9 Å². The highest BCUT2D eigenvalue weighted by molar-refractivity contribution is 9.10. The minimum atomic E-state index is -1.14. The van der Waals surface area contributed by atoms with Crippen LogP contribution < -0.4 is 14.8 Å². The van der Waals surface area contributed by atoms with Gasteiger partial charge in [-0.05, 0) is 42.3 Å². The van der Waals surface area contributed by atoms with Gasteiger partial charge in [0, 0.05) is 9.50 Å². The summed E-state index contributed by atoms with van der Waals surface area (Å²) in [6, 6.07) is 10.0. The van der Waals surface area contributed by atoms with Gasteiger partial charge in [-0.1, -0.05) is 39.7 Å². The molecular formula is C19H16BrClN2O4. The highest BCUT2D eigenvalue weighted by Gasteiger charge is 2.49. The number of urea groups is 1. The van der Waals surface area contributed by atoms with Gasteiger partial charge in [0.15, 0.2) is 11.5 Å². The fraction of sp³-hybridized carbons (Fsp3) is 0.263. The lowest BCUT2D eigenvalue weighted by atomic mass is 9.92. The summed E-state index contributed by atoms with van der Waals surface area (Å²) < 4.78 is 11.9. The van der Waals surface area contributed by atoms with Crippen molar-refractivity contribution in [2.45, 2.75) is 19.0 Å². The summed E-state index contributed by atoms with van der Waals surface area (Å²) in [6.07, 6.45) is 0. The molecule has 2 aromatic carbocycles. The predicted molar refractivity (Wildman–Crippen MR) is 103 cm³/mol. The third-order valence-corrected chi connectivity index (χ3v) is 5.73. The number of halogens is 2. The Bertz CT molecular complexity index is 934. The van der Waals surface area contributed by atoms with Crippen LogP contribution in [-0.4, -0.2) is 30.1 Å². The molecule has 2 aromatic rings. The second-order valence-corrected chi connectivity index (χ2v) is 7.83. The van der Waals surface area contributed by atoms with E-state index in [1.807, 2.05) is 0 Å². The van der Waals surface area contributed by atoms with Crippen LogP contribution in [0.5, 0.6) is 11.5 Å². The van der Waals surface area contributed by atoms with E-state index in [4.69, 9.17) is 21.1 Å². The van der Waals surface area contributed by atoms with Gasteiger partial charge in [-0.2, -0.15) is 0 Å². The molecule has 0 radical (unpaired) electrons. The first-order valence-corrected chi connectivity index (χ1v) is 9.54. The van der Waals surface area contributed by atoms with E-state index in [0.717, 1.165) is 10.0 Å². The van der Waals surface area contributed by atoms with Crippen LogP contribution >= 0.6 is 27.5 Å². The Labute approximate surface area is 169 Å². The van der Waals surface area contributed by atoms with E-state index in [1.54, 1.807) is 43.3 Å². The first-order valence-electron chi connectivity index (χ1n) is 8.36. The van der Waals surface area contributed by atoms with E-state index in [1.165, 1.54) is 4.90 Å². The first-order chi connectivity index (χ1) is 12.9. The fourth-order valence-corrected chi connectivity index (χ4v) is 3.79. The molecule has 2 heterocycles. The van der Waals surface area contributed by atoms with Crippen molar-refractivity contribution in [3.05, 3.63) is 57.0 Å². The number of hydrogen-bond acceptors (Lipinski definition) is 4. The minimum absolute atomic E-state index is 0.116. The molecular weight excluding hydrogens is 436 g/mol. The predicted octanol–water partition coefficient (Wildman–Crippen LogP) is 3.84. The Morgan fingerprint density at radius 1 is 1.15 bits per heavy atom. The summed E-state index contributed by atoms with van der Waals surface area (Å²) in [5.41, 5.74) is 0.291. The molecule has 1 N–H and O–H groups in total. The number of benzene rings is 2. The molecule has 2 aliphatic heterocycles. The number of ether oxygens (including phenoxy) is 2. The maximum atomic E-state index is 13.1. The van der Waals surface area contributed by atoms with Crippen LogP contribution in [-0.2, 0) is 16.9 Å². The molecule has 1 atom stereocenters. The number of fused-ring (bicyclic) bond motifs is 1. The van der Waals surface area contributed by atoms with Crippen molar-refractivity contribution in [2.75, 3.05) is 13.2 Å². The third kappa shape index (κ3) is 3.15. The van der Waals surface area contributed by atoms with Gasteiger partial charge in [-0.25, -0.2) is 4.79 Å². The number of nitrogens with one attached hydrogen (secondary N) is 1. The van der Waals surface area contributed by atoms with Gasteiger partial charge in [0.1, 0.15) is 18.8 Å². The molecule has 1 fully saturated rings. The molecule has 140 valence electrons. The van der Waals surface area contributed by atoms with Crippen LogP contribution in [0.4, 0.5) is 4.79 Å². The molecule has 3 amide bonds. The number of rotatable bonds is 3. The molecule has 27 heavy (non-hydrogen) atoms. The van der Waals surface area contributed by atoms with Crippen LogP contribution in [0.3, 0.4) is 0 Å². The lowest BCUT2D eigenvalue weighted by molar-refractivity contribution is -0.131. The smallest absolute Gasteiger partial charge is 0.325 e. The Morgan fingerprint density at radius 3 is 2.44 bits per heavy atom. The first kappa shape index (κ1) is 18.1. The van der Waals surface area contributed by atoms with Crippen molar-refractivity contribution in [2.24, 2.45) is 0 Å². The molecule has 0 aromatic heterocycles. The maximum absolute atomic E-state index is 13.1. The highest BCUT2D eigenvalue weighted by Crippen LogP contribution is 2.37. The molecule has 1 unspecified atom stereocenters. The van der Waals surface area contributed by atoms with Crippen molar-refractivity contribution in [3.8, 4) is 11.5 Å². The second kappa shape index (κ2) is 6.73. The van der Waals surface area contributed by atoms with Crippen molar-refractivity contribution < 1.29 is 19.1 Å². The summed E-state index contributed by atoms with van der Waals surface area (Å²) in [5.74, 6) is 0.920. The number of hydrogen-bond donors (Lipinski definition) is 1. The van der Waals surface area contributed by atoms with Crippen LogP contribution in [0.1, 0.15) is 18.1 Å². The molecule has 0 spiro atoms. The van der Waals surface area contributed by atoms with E-state index in [-0.39, 0.29) is 12.5 Å². The van der Waals surface area contributed by atoms with Crippen LogP contribution in [0.25, 0.3) is 0 Å². The zero-order valence-electron chi connectivity index (χ0n) is 14.4. The van der Waals surface area contributed by atoms with Gasteiger partial charge >= 0.3 is 6.03 Å². The summed E-state index contributed by atoms with van der Waals surface area (Å²) >= 11 is 9.41. The van der Waals surface area contributed by atoms with E-state index in [9.17, 15) is 9.59 Å². The van der Waals surface area contributed by atoms with Gasteiger partial charge in [0.05, 0.1) is 6.54 Å². The zero-order chi connectivity index (χ0) is 19.2. The Kier molecular flexibility index (Phi) is 4.52. The standard InChI is InChI=1S/C19H16BrClN2O4/c1-19(12-2-4-13(21)5-3-12)17(24)23(18(25)22-19)10-11-8-15-16(9-14(11)20)27-7-6-26-15/h2-5,8-9H,6-7,10H2,1H3,(H,22,25). The normalized spacial score (nSPS) is 21.4. The average molecular weight is 452 g/mol. The van der Waals surface area contributed by atoms with Gasteiger partial charge < -0.3 is 14.8 Å². The van der Waals surface area contributed by atoms with Crippen molar-refractivity contribution >= 4 is 39.5 Å². The SMILES string of the molecule is CC1(c2ccc(Cl)cc2)NC(=O)N(Cc2cc3c(cc2Br)OCCO3)C1=O. The van der Waals surface area contributed by atoms with Crippen LogP contribution in [0, 0.1) is 0 Å². The maximum Gasteiger partial charge on any atom is 0.325 e. The number of nitrogens with zero attached hydrogens (tertiary/aromatic N) is 1. The molecule has 6 nitrogen and oxygen atoms in total. The zero-order valence-corrected chi connectivity index (χ0v) is 16.8. The van der Waals surface area contributed by atoms with Crippen molar-refractivity contribution in [3.63, 3.8) is 0 Å². The molecule has 1 saturated heterocycles. The number of carbonyl (C=O) groups is 2. The minimum Gasteiger partial charge on any atom is -0.486 e. The van der Waals surface area contributed by atoms with Gasteiger partial charge in [0.2, 0.25) is 0 Å². The molecule has 0 saturated carbocycles. The van der Waals surface area contributed by atoms with E-state index < -0.39 is 11.6 Å². The van der Waals surface area contributed by atoms with Crippen LogP contribution in [0.15, 0.2) is 40.9 Å². The van der Waals surface area contributed by atoms with Gasteiger partial charge in [-0.15, -0.1) is 0 Å². The second-order valence-electron chi connectivity index (χ2n) is 6.54. The number of imide groups is 1. The molecule has 2 aliphatic rings. The summed E-state index contributed by atoms with van der Waals surface area (Å²) in [6.45, 7) is 2.76. The highest BCUT2D eigenvalue weighted by atomic mass is 79.9. The Hall–Kier alpha value is -2.25. The van der Waals surface area contributed by atoms with Crippen LogP contribution in [0.2, 0.25) is 5.02 Å². The third-order valence-electron chi connectivity index (χ3n) is 4.74. The van der Waals surface area contributed by atoms with Gasteiger partial charge in [-0.3, -0.25) is 9.69 Å². The number of amides is 3. The summed E-state index contributed by atoms with van der Waals surface area (Å²) in [4.78, 5) is 26.8. The lowest BCUT2D eigenvalue weighted by Crippen LogP contribution is -2.40. The van der Waals surface area contributed by atoms with Gasteiger partial charge in [0.25, 0.3) is 5.91 Å². The van der Waals surface area contributed by atoms with Crippen molar-refractivity contribution in [1.29, 1.82) is 0 Å². The van der Waals surface area contributed by atoms with E-state index in [2.05, 4.69) is 21.2 Å². The average Bonchev–Trinajstić information content (AvgIpc) is 2.86. The largest absolute Gasteiger partial charge is 0.486 e. The van der Waals surface area contributed by atoms with E-state index >= 15 is 0 Å². The monoisotopic (exact) mass is 450 g/mol. The molecule has 4 rings (SSSR count). The van der Waals surface area contributed by atoms with Crippen molar-refractivity contribution in [1.82, 2.24) is 10.2 Å².